The molecule has 0 spiro atoms. The first-order valence-corrected chi connectivity index (χ1v) is 11.5. The van der Waals surface area contributed by atoms with Gasteiger partial charge in [-0.15, -0.1) is 0 Å². The monoisotopic (exact) mass is 472 g/mol. The summed E-state index contributed by atoms with van der Waals surface area (Å²) in [6.07, 6.45) is 5.49. The highest BCUT2D eigenvalue weighted by Crippen LogP contribution is 2.29. The molecule has 34 heavy (non-hydrogen) atoms. The van der Waals surface area contributed by atoms with Crippen LogP contribution in [0.15, 0.2) is 55.0 Å². The third kappa shape index (κ3) is 5.76. The molecule has 180 valence electrons. The van der Waals surface area contributed by atoms with Gasteiger partial charge >= 0.3 is 6.18 Å². The minimum absolute atomic E-state index is 0.106. The van der Waals surface area contributed by atoms with Crippen molar-refractivity contribution in [2.75, 3.05) is 19.6 Å². The van der Waals surface area contributed by atoms with Gasteiger partial charge in [0.15, 0.2) is 0 Å². The van der Waals surface area contributed by atoms with E-state index in [0.717, 1.165) is 49.9 Å². The van der Waals surface area contributed by atoms with Crippen LogP contribution in [-0.2, 0) is 6.18 Å². The van der Waals surface area contributed by atoms with E-state index in [1.54, 1.807) is 29.6 Å². The van der Waals surface area contributed by atoms with E-state index in [2.05, 4.69) is 10.3 Å². The van der Waals surface area contributed by atoms with Crippen molar-refractivity contribution < 1.29 is 22.8 Å². The molecular weight excluding hydrogens is 445 g/mol. The maximum absolute atomic E-state index is 12.7. The van der Waals surface area contributed by atoms with Crippen molar-refractivity contribution in [2.45, 2.75) is 38.3 Å². The van der Waals surface area contributed by atoms with Crippen LogP contribution in [0, 0.1) is 5.92 Å². The number of amides is 2. The highest BCUT2D eigenvalue weighted by atomic mass is 19.4. The average molecular weight is 473 g/mol. The lowest BCUT2D eigenvalue weighted by atomic mass is 9.91. The second-order valence-corrected chi connectivity index (χ2v) is 8.67. The number of pyridine rings is 1. The molecule has 1 aliphatic heterocycles. The summed E-state index contributed by atoms with van der Waals surface area (Å²) in [5.74, 6) is 0.186. The molecule has 0 saturated carbocycles. The van der Waals surface area contributed by atoms with Gasteiger partial charge < -0.3 is 14.6 Å². The average Bonchev–Trinajstić information content (AvgIpc) is 3.31. The molecule has 1 fully saturated rings. The smallest absolute Gasteiger partial charge is 0.352 e. The number of piperidine rings is 1. The van der Waals surface area contributed by atoms with Crippen LogP contribution in [0.25, 0.3) is 5.65 Å². The van der Waals surface area contributed by atoms with Crippen LogP contribution in [0.5, 0.6) is 0 Å². The Morgan fingerprint density at radius 2 is 1.71 bits per heavy atom. The van der Waals surface area contributed by atoms with Crippen LogP contribution in [0.3, 0.4) is 0 Å². The summed E-state index contributed by atoms with van der Waals surface area (Å²) in [6, 6.07) is 7.97. The van der Waals surface area contributed by atoms with Gasteiger partial charge in [0.2, 0.25) is 0 Å². The summed E-state index contributed by atoms with van der Waals surface area (Å²) in [4.78, 5) is 30.8. The number of unbranched alkanes of at least 4 members (excludes halogenated alkanes) is 1. The summed E-state index contributed by atoms with van der Waals surface area (Å²) >= 11 is 0. The largest absolute Gasteiger partial charge is 0.416 e. The SMILES string of the molecule is O=C(NCCCCC1CCN(C(=O)c2ccc(C(F)(F)F)cc2)CC1)c1ccc2nccn2c1. The fraction of sp³-hybridized carbons (Fsp3) is 0.400. The van der Waals surface area contributed by atoms with Crippen LogP contribution >= 0.6 is 0 Å². The van der Waals surface area contributed by atoms with Gasteiger partial charge in [-0.05, 0) is 61.6 Å². The third-order valence-corrected chi connectivity index (χ3v) is 6.34. The third-order valence-electron chi connectivity index (χ3n) is 6.34. The van der Waals surface area contributed by atoms with Gasteiger partial charge in [0, 0.05) is 43.8 Å². The molecule has 4 rings (SSSR count). The van der Waals surface area contributed by atoms with Gasteiger partial charge in [-0.1, -0.05) is 12.8 Å². The van der Waals surface area contributed by atoms with Crippen molar-refractivity contribution in [3.8, 4) is 0 Å². The summed E-state index contributed by atoms with van der Waals surface area (Å²) in [7, 11) is 0. The van der Waals surface area contributed by atoms with Gasteiger partial charge in [0.1, 0.15) is 5.65 Å². The van der Waals surface area contributed by atoms with Crippen LogP contribution in [-0.4, -0.2) is 45.7 Å². The van der Waals surface area contributed by atoms with E-state index >= 15 is 0 Å². The Morgan fingerprint density at radius 3 is 2.41 bits per heavy atom. The van der Waals surface area contributed by atoms with Crippen LogP contribution < -0.4 is 5.32 Å². The summed E-state index contributed by atoms with van der Waals surface area (Å²) in [5.41, 5.74) is 0.923. The van der Waals surface area contributed by atoms with E-state index in [1.807, 2.05) is 10.5 Å². The number of aromatic nitrogens is 2. The second kappa shape index (κ2) is 10.3. The van der Waals surface area contributed by atoms with Crippen molar-refractivity contribution >= 4 is 17.5 Å². The predicted molar refractivity (Wildman–Crippen MR) is 121 cm³/mol. The fourth-order valence-corrected chi connectivity index (χ4v) is 4.33. The van der Waals surface area contributed by atoms with E-state index in [1.165, 1.54) is 12.1 Å². The molecule has 1 aliphatic rings. The molecule has 9 heteroatoms. The molecule has 1 aromatic carbocycles. The molecule has 0 atom stereocenters. The van der Waals surface area contributed by atoms with Crippen LogP contribution in [0.4, 0.5) is 13.2 Å². The van der Waals surface area contributed by atoms with E-state index in [4.69, 9.17) is 0 Å². The fourth-order valence-electron chi connectivity index (χ4n) is 4.33. The number of alkyl halides is 3. The number of carbonyl (C=O) groups excluding carboxylic acids is 2. The zero-order chi connectivity index (χ0) is 24.1. The van der Waals surface area contributed by atoms with Gasteiger partial charge in [-0.25, -0.2) is 4.98 Å². The first-order valence-electron chi connectivity index (χ1n) is 11.5. The molecule has 0 bridgehead atoms. The van der Waals surface area contributed by atoms with Gasteiger partial charge in [-0.2, -0.15) is 13.2 Å². The number of rotatable bonds is 7. The lowest BCUT2D eigenvalue weighted by Crippen LogP contribution is -2.38. The van der Waals surface area contributed by atoms with Gasteiger partial charge in [0.25, 0.3) is 11.8 Å². The zero-order valence-corrected chi connectivity index (χ0v) is 18.7. The normalized spacial score (nSPS) is 15.0. The predicted octanol–water partition coefficient (Wildman–Crippen LogP) is 4.81. The number of fused-ring (bicyclic) bond motifs is 1. The van der Waals surface area contributed by atoms with Gasteiger partial charge in [-0.3, -0.25) is 9.59 Å². The molecule has 0 unspecified atom stereocenters. The van der Waals surface area contributed by atoms with E-state index < -0.39 is 11.7 Å². The van der Waals surface area contributed by atoms with E-state index in [0.29, 0.717) is 31.1 Å². The molecule has 3 heterocycles. The molecular formula is C25H27F3N4O2. The van der Waals surface area contributed by atoms with Gasteiger partial charge in [0.05, 0.1) is 11.1 Å². The number of nitrogens with one attached hydrogen (secondary N) is 1. The molecule has 3 aromatic rings. The highest BCUT2D eigenvalue weighted by molar-refractivity contribution is 5.94. The Kier molecular flexibility index (Phi) is 7.19. The first-order chi connectivity index (χ1) is 16.3. The Bertz CT molecular complexity index is 1130. The maximum Gasteiger partial charge on any atom is 0.416 e. The second-order valence-electron chi connectivity index (χ2n) is 8.67. The molecule has 2 aromatic heterocycles. The summed E-state index contributed by atoms with van der Waals surface area (Å²) < 4.78 is 39.9. The highest BCUT2D eigenvalue weighted by Gasteiger charge is 2.30. The Labute approximate surface area is 195 Å². The number of imidazole rings is 1. The molecule has 1 N–H and O–H groups in total. The number of nitrogens with zero attached hydrogens (tertiary/aromatic N) is 3. The first kappa shape index (κ1) is 23.8. The molecule has 0 aliphatic carbocycles. The number of hydrogen-bond donors (Lipinski definition) is 1. The number of benzene rings is 1. The zero-order valence-electron chi connectivity index (χ0n) is 18.7. The molecule has 6 nitrogen and oxygen atoms in total. The molecule has 0 radical (unpaired) electrons. The number of hydrogen-bond acceptors (Lipinski definition) is 3. The summed E-state index contributed by atoms with van der Waals surface area (Å²) in [5, 5.41) is 2.95. The van der Waals surface area contributed by atoms with Crippen molar-refractivity contribution in [1.82, 2.24) is 19.6 Å². The van der Waals surface area contributed by atoms with Crippen molar-refractivity contribution in [1.29, 1.82) is 0 Å². The summed E-state index contributed by atoms with van der Waals surface area (Å²) in [6.45, 7) is 1.82. The van der Waals surface area contributed by atoms with Crippen molar-refractivity contribution in [2.24, 2.45) is 5.92 Å². The minimum Gasteiger partial charge on any atom is -0.352 e. The number of likely N-dealkylation sites (tertiary alicyclic amines) is 1. The van der Waals surface area contributed by atoms with Crippen molar-refractivity contribution in [3.63, 3.8) is 0 Å². The minimum atomic E-state index is -4.41. The Balaban J connectivity index is 1.14. The van der Waals surface area contributed by atoms with E-state index in [9.17, 15) is 22.8 Å². The van der Waals surface area contributed by atoms with Crippen molar-refractivity contribution in [3.05, 3.63) is 71.7 Å². The molecule has 1 saturated heterocycles. The van der Waals surface area contributed by atoms with Crippen LogP contribution in [0.1, 0.15) is 58.4 Å². The number of halogens is 3. The maximum atomic E-state index is 12.7. The Hall–Kier alpha value is -3.36. The van der Waals surface area contributed by atoms with Crippen LogP contribution in [0.2, 0.25) is 0 Å². The lowest BCUT2D eigenvalue weighted by Gasteiger charge is -2.32. The molecule has 2 amide bonds. The Morgan fingerprint density at radius 1 is 1.00 bits per heavy atom. The lowest BCUT2D eigenvalue weighted by molar-refractivity contribution is -0.137. The number of carbonyl (C=O) groups is 2. The quantitative estimate of drug-likeness (QED) is 0.502. The standard InChI is InChI=1S/C25H27F3N4O2/c26-25(27,28)21-7-4-19(5-8-21)24(34)31-14-10-18(11-15-31)3-1-2-12-30-23(33)20-6-9-22-29-13-16-32(22)17-20/h4-9,13,16-18H,1-3,10-12,14-15H2,(H,30,33). The topological polar surface area (TPSA) is 66.7 Å². The van der Waals surface area contributed by atoms with E-state index in [-0.39, 0.29) is 17.4 Å².